The molecule has 0 aliphatic carbocycles. The van der Waals surface area contributed by atoms with E-state index >= 15 is 0 Å². The summed E-state index contributed by atoms with van der Waals surface area (Å²) in [6.07, 6.45) is 1.14. The van der Waals surface area contributed by atoms with Gasteiger partial charge in [0.15, 0.2) is 6.10 Å². The second kappa shape index (κ2) is 5.64. The summed E-state index contributed by atoms with van der Waals surface area (Å²) < 4.78 is 5.10. The van der Waals surface area contributed by atoms with E-state index in [0.29, 0.717) is 12.0 Å². The Morgan fingerprint density at radius 2 is 2.12 bits per heavy atom. The highest BCUT2D eigenvalue weighted by Gasteiger charge is 2.37. The van der Waals surface area contributed by atoms with Gasteiger partial charge in [-0.25, -0.2) is 0 Å². The molecular formula is C14H18O3. The van der Waals surface area contributed by atoms with Gasteiger partial charge in [-0.3, -0.25) is 4.79 Å². The van der Waals surface area contributed by atoms with E-state index in [1.54, 1.807) is 0 Å². The smallest absolute Gasteiger partial charge is 0.303 e. The van der Waals surface area contributed by atoms with Crippen molar-refractivity contribution in [2.45, 2.75) is 32.0 Å². The second-order valence-corrected chi connectivity index (χ2v) is 3.91. The molecule has 0 heterocycles. The van der Waals surface area contributed by atoms with Crippen LogP contribution in [-0.4, -0.2) is 17.2 Å². The molecule has 0 fully saturated rings. The lowest BCUT2D eigenvalue weighted by molar-refractivity contribution is -0.158. The molecule has 3 heteroatoms. The molecule has 1 N–H and O–H groups in total. The maximum Gasteiger partial charge on any atom is 0.303 e. The summed E-state index contributed by atoms with van der Waals surface area (Å²) in [6, 6.07) is 9.16. The quantitative estimate of drug-likeness (QED) is 0.628. The van der Waals surface area contributed by atoms with Crippen LogP contribution in [0.5, 0.6) is 0 Å². The van der Waals surface area contributed by atoms with Crippen molar-refractivity contribution in [3.63, 3.8) is 0 Å². The maximum atomic E-state index is 11.0. The average molecular weight is 234 g/mol. The van der Waals surface area contributed by atoms with Gasteiger partial charge in [-0.05, 0) is 18.1 Å². The molecule has 0 spiro atoms. The van der Waals surface area contributed by atoms with Gasteiger partial charge in [-0.15, -0.1) is 0 Å². The lowest BCUT2D eigenvalue weighted by Crippen LogP contribution is -2.40. The first kappa shape index (κ1) is 13.5. The number of rotatable bonds is 5. The van der Waals surface area contributed by atoms with E-state index in [1.807, 2.05) is 37.3 Å². The number of benzene rings is 1. The van der Waals surface area contributed by atoms with Crippen molar-refractivity contribution < 1.29 is 14.6 Å². The van der Waals surface area contributed by atoms with Crippen molar-refractivity contribution in [1.29, 1.82) is 0 Å². The van der Waals surface area contributed by atoms with Gasteiger partial charge in [0.25, 0.3) is 0 Å². The van der Waals surface area contributed by atoms with Crippen LogP contribution in [0.4, 0.5) is 0 Å². The third kappa shape index (κ3) is 2.94. The Morgan fingerprint density at radius 1 is 1.53 bits per heavy atom. The molecule has 17 heavy (non-hydrogen) atoms. The van der Waals surface area contributed by atoms with Gasteiger partial charge in [0.1, 0.15) is 5.60 Å². The fourth-order valence-electron chi connectivity index (χ4n) is 1.82. The zero-order valence-corrected chi connectivity index (χ0v) is 10.2. The number of esters is 1. The minimum absolute atomic E-state index is 0.432. The van der Waals surface area contributed by atoms with Crippen LogP contribution in [0.3, 0.4) is 0 Å². The van der Waals surface area contributed by atoms with Gasteiger partial charge in [-0.2, -0.15) is 0 Å². The van der Waals surface area contributed by atoms with E-state index in [9.17, 15) is 9.90 Å². The van der Waals surface area contributed by atoms with Crippen molar-refractivity contribution in [1.82, 2.24) is 0 Å². The standard InChI is InChI=1S/C14H18O3/c1-4-13(17-11(3)15)14(16,5-2)12-9-7-6-8-10-12/h4,6-10,13,16H,1,5H2,2-3H3/t13-,14-/m0/s1. The fourth-order valence-corrected chi connectivity index (χ4v) is 1.82. The number of ether oxygens (including phenoxy) is 1. The number of hydrogen-bond acceptors (Lipinski definition) is 3. The predicted octanol–water partition coefficient (Wildman–Crippen LogP) is 2.40. The summed E-state index contributed by atoms with van der Waals surface area (Å²) in [5, 5.41) is 10.7. The average Bonchev–Trinajstić information content (AvgIpc) is 2.35. The fraction of sp³-hybridized carbons (Fsp3) is 0.357. The van der Waals surface area contributed by atoms with Crippen molar-refractivity contribution in [2.75, 3.05) is 0 Å². The lowest BCUT2D eigenvalue weighted by Gasteiger charge is -2.33. The van der Waals surface area contributed by atoms with Gasteiger partial charge in [-0.1, -0.05) is 43.8 Å². The highest BCUT2D eigenvalue weighted by Crippen LogP contribution is 2.31. The van der Waals surface area contributed by atoms with Crippen LogP contribution in [0.25, 0.3) is 0 Å². The Bertz CT molecular complexity index is 386. The summed E-state index contributed by atoms with van der Waals surface area (Å²) in [4.78, 5) is 11.0. The normalized spacial score (nSPS) is 15.7. The lowest BCUT2D eigenvalue weighted by atomic mass is 9.85. The molecule has 92 valence electrons. The zero-order valence-electron chi connectivity index (χ0n) is 10.2. The van der Waals surface area contributed by atoms with Gasteiger partial charge in [0.05, 0.1) is 0 Å². The minimum Gasteiger partial charge on any atom is -0.455 e. The molecule has 0 saturated heterocycles. The molecule has 2 atom stereocenters. The van der Waals surface area contributed by atoms with E-state index in [4.69, 9.17) is 4.74 Å². The van der Waals surface area contributed by atoms with E-state index in [-0.39, 0.29) is 0 Å². The highest BCUT2D eigenvalue weighted by atomic mass is 16.6. The molecule has 0 unspecified atom stereocenters. The molecule has 0 aliphatic heterocycles. The number of carbonyl (C=O) groups excluding carboxylic acids is 1. The number of aliphatic hydroxyl groups is 1. The van der Waals surface area contributed by atoms with Crippen molar-refractivity contribution in [3.05, 3.63) is 48.6 Å². The highest BCUT2D eigenvalue weighted by molar-refractivity contribution is 5.66. The molecular weight excluding hydrogens is 216 g/mol. The Morgan fingerprint density at radius 3 is 2.53 bits per heavy atom. The molecule has 3 nitrogen and oxygen atoms in total. The largest absolute Gasteiger partial charge is 0.455 e. The third-order valence-corrected chi connectivity index (χ3v) is 2.79. The Labute approximate surface area is 102 Å². The number of hydrogen-bond donors (Lipinski definition) is 1. The molecule has 0 radical (unpaired) electrons. The van der Waals surface area contributed by atoms with Crippen LogP contribution in [0, 0.1) is 0 Å². The molecule has 1 aromatic rings. The van der Waals surface area contributed by atoms with Crippen LogP contribution < -0.4 is 0 Å². The van der Waals surface area contributed by atoms with Crippen LogP contribution in [0.15, 0.2) is 43.0 Å². The Hall–Kier alpha value is -1.61. The van der Waals surface area contributed by atoms with E-state index in [0.717, 1.165) is 0 Å². The minimum atomic E-state index is -1.23. The predicted molar refractivity (Wildman–Crippen MR) is 66.4 cm³/mol. The number of carbonyl (C=O) groups is 1. The molecule has 0 amide bonds. The van der Waals surface area contributed by atoms with Crippen molar-refractivity contribution in [2.24, 2.45) is 0 Å². The van der Waals surface area contributed by atoms with Crippen LogP contribution in [0.1, 0.15) is 25.8 Å². The third-order valence-electron chi connectivity index (χ3n) is 2.79. The topological polar surface area (TPSA) is 46.5 Å². The van der Waals surface area contributed by atoms with Crippen molar-refractivity contribution >= 4 is 5.97 Å². The van der Waals surface area contributed by atoms with Gasteiger partial charge in [0, 0.05) is 6.92 Å². The molecule has 1 aromatic carbocycles. The summed E-state index contributed by atoms with van der Waals surface area (Å²) in [5.41, 5.74) is -0.511. The zero-order chi connectivity index (χ0) is 12.9. The van der Waals surface area contributed by atoms with Crippen LogP contribution in [-0.2, 0) is 15.1 Å². The maximum absolute atomic E-state index is 11.0. The second-order valence-electron chi connectivity index (χ2n) is 3.91. The first-order chi connectivity index (χ1) is 8.04. The Kier molecular flexibility index (Phi) is 4.46. The summed E-state index contributed by atoms with van der Waals surface area (Å²) in [7, 11) is 0. The first-order valence-electron chi connectivity index (χ1n) is 5.62. The van der Waals surface area contributed by atoms with Gasteiger partial charge in [0.2, 0.25) is 0 Å². The van der Waals surface area contributed by atoms with Gasteiger partial charge >= 0.3 is 5.97 Å². The summed E-state index contributed by atoms with van der Waals surface area (Å²) in [6.45, 7) is 6.77. The van der Waals surface area contributed by atoms with E-state index in [2.05, 4.69) is 6.58 Å². The monoisotopic (exact) mass is 234 g/mol. The summed E-state index contributed by atoms with van der Waals surface area (Å²) in [5.74, 6) is -0.433. The van der Waals surface area contributed by atoms with Gasteiger partial charge < -0.3 is 9.84 Å². The first-order valence-corrected chi connectivity index (χ1v) is 5.62. The van der Waals surface area contributed by atoms with Crippen molar-refractivity contribution in [3.8, 4) is 0 Å². The van der Waals surface area contributed by atoms with E-state index in [1.165, 1.54) is 13.0 Å². The molecule has 0 bridgehead atoms. The summed E-state index contributed by atoms with van der Waals surface area (Å²) >= 11 is 0. The molecule has 0 aromatic heterocycles. The van der Waals surface area contributed by atoms with Crippen LogP contribution in [0.2, 0.25) is 0 Å². The SMILES string of the molecule is C=C[C@H](OC(C)=O)[C@](O)(CC)c1ccccc1. The molecule has 0 aliphatic rings. The van der Waals surface area contributed by atoms with Crippen LogP contribution >= 0.6 is 0 Å². The van der Waals surface area contributed by atoms with E-state index < -0.39 is 17.7 Å². The molecule has 1 rings (SSSR count). The Balaban J connectivity index is 3.09. The molecule has 0 saturated carbocycles.